The predicted molar refractivity (Wildman–Crippen MR) is 98.2 cm³/mol. The van der Waals surface area contributed by atoms with Gasteiger partial charge in [-0.3, -0.25) is 0 Å². The third-order valence-electron chi connectivity index (χ3n) is 4.07. The summed E-state index contributed by atoms with van der Waals surface area (Å²) in [5.74, 6) is 0.985. The quantitative estimate of drug-likeness (QED) is 0.505. The Morgan fingerprint density at radius 1 is 0.680 bits per heavy atom. The maximum Gasteiger partial charge on any atom is 0.142 e. The number of aromatic amines is 1. The molecule has 1 heterocycles. The summed E-state index contributed by atoms with van der Waals surface area (Å²) in [5, 5.41) is 19.7. The van der Waals surface area contributed by atoms with Gasteiger partial charge in [-0.2, -0.15) is 0 Å². The Morgan fingerprint density at radius 2 is 1.36 bits per heavy atom. The highest BCUT2D eigenvalue weighted by Crippen LogP contribution is 2.35. The maximum atomic E-state index is 10.1. The highest BCUT2D eigenvalue weighted by molar-refractivity contribution is 5.82. The molecule has 0 radical (unpaired) electrons. The zero-order valence-electron chi connectivity index (χ0n) is 13.3. The number of hydrogen-bond donors (Lipinski definition) is 3. The molecule has 0 aliphatic rings. The van der Waals surface area contributed by atoms with E-state index >= 15 is 0 Å². The highest BCUT2D eigenvalue weighted by atomic mass is 16.3. The van der Waals surface area contributed by atoms with Crippen molar-refractivity contribution in [1.29, 1.82) is 0 Å². The van der Waals surface area contributed by atoms with Gasteiger partial charge in [0.1, 0.15) is 17.3 Å². The molecule has 3 aromatic carbocycles. The van der Waals surface area contributed by atoms with Crippen molar-refractivity contribution < 1.29 is 10.2 Å². The number of H-pyrrole nitrogens is 1. The lowest BCUT2D eigenvalue weighted by Crippen LogP contribution is -1.83. The van der Waals surface area contributed by atoms with Crippen molar-refractivity contribution in [2.45, 2.75) is 0 Å². The van der Waals surface area contributed by atoms with E-state index in [1.54, 1.807) is 24.3 Å². The number of rotatable bonds is 3. The van der Waals surface area contributed by atoms with Crippen molar-refractivity contribution in [3.05, 3.63) is 78.9 Å². The first-order chi connectivity index (χ1) is 12.2. The van der Waals surface area contributed by atoms with Crippen LogP contribution in [0.15, 0.2) is 78.9 Å². The summed E-state index contributed by atoms with van der Waals surface area (Å²) in [4.78, 5) is 8.05. The normalized spacial score (nSPS) is 10.7. The van der Waals surface area contributed by atoms with Crippen LogP contribution in [-0.4, -0.2) is 20.2 Å². The van der Waals surface area contributed by atoms with Gasteiger partial charge in [0, 0.05) is 11.1 Å². The smallest absolute Gasteiger partial charge is 0.142 e. The Kier molecular flexibility index (Phi) is 3.71. The molecule has 4 heteroatoms. The predicted octanol–water partition coefficient (Wildman–Crippen LogP) is 4.82. The third-order valence-corrected chi connectivity index (χ3v) is 4.07. The van der Waals surface area contributed by atoms with Crippen molar-refractivity contribution >= 4 is 0 Å². The van der Waals surface area contributed by atoms with Gasteiger partial charge in [0.05, 0.1) is 17.0 Å². The van der Waals surface area contributed by atoms with Gasteiger partial charge in [0.2, 0.25) is 0 Å². The number of aromatic hydroxyl groups is 2. The average molecular weight is 328 g/mol. The van der Waals surface area contributed by atoms with Crippen LogP contribution < -0.4 is 0 Å². The molecule has 0 spiro atoms. The van der Waals surface area contributed by atoms with E-state index in [-0.39, 0.29) is 11.5 Å². The zero-order valence-corrected chi connectivity index (χ0v) is 13.3. The largest absolute Gasteiger partial charge is 0.508 e. The van der Waals surface area contributed by atoms with E-state index in [0.29, 0.717) is 11.4 Å². The van der Waals surface area contributed by atoms with E-state index < -0.39 is 0 Å². The summed E-state index contributed by atoms with van der Waals surface area (Å²) < 4.78 is 0. The Labute approximate surface area is 145 Å². The number of aromatic nitrogens is 2. The fourth-order valence-corrected chi connectivity index (χ4v) is 2.82. The summed E-state index contributed by atoms with van der Waals surface area (Å²) in [6, 6.07) is 23.9. The molecule has 0 saturated heterocycles. The molecule has 4 nitrogen and oxygen atoms in total. The van der Waals surface area contributed by atoms with E-state index in [9.17, 15) is 10.2 Å². The molecule has 0 bridgehead atoms. The number of nitrogens with one attached hydrogen (secondary N) is 1. The molecule has 122 valence electrons. The van der Waals surface area contributed by atoms with Crippen molar-refractivity contribution in [2.75, 3.05) is 0 Å². The molecule has 4 aromatic rings. The minimum Gasteiger partial charge on any atom is -0.508 e. The monoisotopic (exact) mass is 328 g/mol. The van der Waals surface area contributed by atoms with Crippen LogP contribution >= 0.6 is 0 Å². The summed E-state index contributed by atoms with van der Waals surface area (Å²) >= 11 is 0. The zero-order chi connectivity index (χ0) is 17.2. The summed E-state index contributed by atoms with van der Waals surface area (Å²) in [5.41, 5.74) is 4.16. The molecule has 4 rings (SSSR count). The Bertz CT molecular complexity index is 1010. The van der Waals surface area contributed by atoms with Crippen LogP contribution in [0.25, 0.3) is 33.9 Å². The number of phenolic OH excluding ortho intramolecular Hbond substituents is 2. The lowest BCUT2D eigenvalue weighted by atomic mass is 10.1. The molecule has 0 fully saturated rings. The lowest BCUT2D eigenvalue weighted by molar-refractivity contribution is 0.475. The summed E-state index contributed by atoms with van der Waals surface area (Å²) in [6.45, 7) is 0. The van der Waals surface area contributed by atoms with Crippen LogP contribution in [0.5, 0.6) is 11.5 Å². The maximum absolute atomic E-state index is 10.1. The van der Waals surface area contributed by atoms with Gasteiger partial charge >= 0.3 is 0 Å². The number of imidazole rings is 1. The first-order valence-corrected chi connectivity index (χ1v) is 7.95. The van der Waals surface area contributed by atoms with Gasteiger partial charge in [-0.15, -0.1) is 0 Å². The van der Waals surface area contributed by atoms with E-state index in [2.05, 4.69) is 4.98 Å². The minimum absolute atomic E-state index is 0.174. The van der Waals surface area contributed by atoms with Gasteiger partial charge in [-0.05, 0) is 36.4 Å². The first-order valence-electron chi connectivity index (χ1n) is 7.95. The number of phenols is 2. The molecule has 0 amide bonds. The molecule has 0 aliphatic carbocycles. The van der Waals surface area contributed by atoms with Crippen LogP contribution in [-0.2, 0) is 0 Å². The standard InChI is InChI=1S/C21H16N2O2/c24-16-12-10-15(11-13-16)20-19(14-6-2-1-3-7-14)22-21(23-20)17-8-4-5-9-18(17)25/h1-13,24-25H,(H,22,23). The molecule has 0 atom stereocenters. The summed E-state index contributed by atoms with van der Waals surface area (Å²) in [6.07, 6.45) is 0. The van der Waals surface area contributed by atoms with E-state index in [1.807, 2.05) is 54.6 Å². The second-order valence-electron chi connectivity index (χ2n) is 5.74. The third kappa shape index (κ3) is 2.85. The SMILES string of the molecule is Oc1ccc(-c2[nH]c(-c3ccccc3O)nc2-c2ccccc2)cc1. The van der Waals surface area contributed by atoms with Gasteiger partial charge in [0.25, 0.3) is 0 Å². The van der Waals surface area contributed by atoms with Gasteiger partial charge in [-0.1, -0.05) is 42.5 Å². The van der Waals surface area contributed by atoms with Crippen molar-refractivity contribution in [1.82, 2.24) is 9.97 Å². The van der Waals surface area contributed by atoms with Crippen molar-refractivity contribution in [3.63, 3.8) is 0 Å². The molecular weight excluding hydrogens is 312 g/mol. The average Bonchev–Trinajstić information content (AvgIpc) is 3.08. The van der Waals surface area contributed by atoms with Crippen LogP contribution in [0.2, 0.25) is 0 Å². The lowest BCUT2D eigenvalue weighted by Gasteiger charge is -2.03. The van der Waals surface area contributed by atoms with E-state index in [4.69, 9.17) is 4.98 Å². The Morgan fingerprint density at radius 3 is 2.08 bits per heavy atom. The molecule has 1 aromatic heterocycles. The van der Waals surface area contributed by atoms with Crippen LogP contribution in [0.4, 0.5) is 0 Å². The minimum atomic E-state index is 0.174. The number of para-hydroxylation sites is 1. The Balaban J connectivity index is 1.92. The fraction of sp³-hybridized carbons (Fsp3) is 0. The molecule has 0 saturated carbocycles. The van der Waals surface area contributed by atoms with Gasteiger partial charge in [-0.25, -0.2) is 4.98 Å². The number of hydrogen-bond acceptors (Lipinski definition) is 3. The van der Waals surface area contributed by atoms with Crippen LogP contribution in [0.3, 0.4) is 0 Å². The van der Waals surface area contributed by atoms with Gasteiger partial charge < -0.3 is 15.2 Å². The number of benzene rings is 3. The van der Waals surface area contributed by atoms with Crippen molar-refractivity contribution in [2.24, 2.45) is 0 Å². The topological polar surface area (TPSA) is 69.1 Å². The summed E-state index contributed by atoms with van der Waals surface area (Å²) in [7, 11) is 0. The van der Waals surface area contributed by atoms with Crippen molar-refractivity contribution in [3.8, 4) is 45.4 Å². The molecular formula is C21H16N2O2. The van der Waals surface area contributed by atoms with E-state index in [0.717, 1.165) is 22.5 Å². The molecule has 0 unspecified atom stereocenters. The molecule has 25 heavy (non-hydrogen) atoms. The Hall–Kier alpha value is -3.53. The van der Waals surface area contributed by atoms with Crippen LogP contribution in [0.1, 0.15) is 0 Å². The second kappa shape index (κ2) is 6.17. The highest BCUT2D eigenvalue weighted by Gasteiger charge is 2.16. The van der Waals surface area contributed by atoms with Crippen LogP contribution in [0, 0.1) is 0 Å². The number of nitrogens with zero attached hydrogens (tertiary/aromatic N) is 1. The first kappa shape index (κ1) is 15.0. The van der Waals surface area contributed by atoms with E-state index in [1.165, 1.54) is 0 Å². The van der Waals surface area contributed by atoms with Gasteiger partial charge in [0.15, 0.2) is 0 Å². The fourth-order valence-electron chi connectivity index (χ4n) is 2.82. The molecule has 3 N–H and O–H groups in total. The second-order valence-corrected chi connectivity index (χ2v) is 5.74. The molecule has 0 aliphatic heterocycles.